The average Bonchev–Trinajstić information content (AvgIpc) is 2.04. The van der Waals surface area contributed by atoms with Crippen LogP contribution in [0.1, 0.15) is 39.0 Å². The van der Waals surface area contributed by atoms with Crippen molar-refractivity contribution in [1.82, 2.24) is 0 Å². The molecule has 0 aromatic carbocycles. The molecule has 2 unspecified atom stereocenters. The van der Waals surface area contributed by atoms with Crippen molar-refractivity contribution in [3.05, 3.63) is 0 Å². The van der Waals surface area contributed by atoms with E-state index in [-0.39, 0.29) is 0 Å². The van der Waals surface area contributed by atoms with Crippen LogP contribution in [0.25, 0.3) is 0 Å². The lowest BCUT2D eigenvalue weighted by molar-refractivity contribution is 0.255. The summed E-state index contributed by atoms with van der Waals surface area (Å²) in [6.07, 6.45) is 7.27. The maximum atomic E-state index is 3.59. The molecular formula is C9H17Br. The molecule has 0 N–H and O–H groups in total. The van der Waals surface area contributed by atoms with Crippen molar-refractivity contribution in [1.29, 1.82) is 0 Å². The van der Waals surface area contributed by atoms with E-state index in [1.54, 1.807) is 0 Å². The first-order valence-electron chi connectivity index (χ1n) is 4.44. The van der Waals surface area contributed by atoms with E-state index in [1.807, 2.05) is 0 Å². The largest absolute Gasteiger partial charge is 0.0925 e. The Hall–Kier alpha value is 0.480. The van der Waals surface area contributed by atoms with Gasteiger partial charge in [-0.15, -0.1) is 0 Å². The molecule has 1 heteroatoms. The molecule has 0 spiro atoms. The summed E-state index contributed by atoms with van der Waals surface area (Å²) in [6, 6.07) is 0. The van der Waals surface area contributed by atoms with Crippen LogP contribution in [0.5, 0.6) is 0 Å². The van der Waals surface area contributed by atoms with Gasteiger partial charge in [0.25, 0.3) is 0 Å². The molecular weight excluding hydrogens is 188 g/mol. The number of alkyl halides is 1. The Labute approximate surface area is 72.5 Å². The monoisotopic (exact) mass is 204 g/mol. The molecule has 0 aromatic heterocycles. The van der Waals surface area contributed by atoms with Gasteiger partial charge in [0.15, 0.2) is 0 Å². The van der Waals surface area contributed by atoms with Gasteiger partial charge in [-0.3, -0.25) is 0 Å². The fraction of sp³-hybridized carbons (Fsp3) is 1.00. The third kappa shape index (κ3) is 1.98. The Morgan fingerprint density at radius 1 is 1.20 bits per heavy atom. The van der Waals surface area contributed by atoms with Gasteiger partial charge in [-0.1, -0.05) is 48.5 Å². The highest BCUT2D eigenvalue weighted by atomic mass is 79.9. The van der Waals surface area contributed by atoms with E-state index in [1.165, 1.54) is 37.4 Å². The molecule has 0 amide bonds. The highest BCUT2D eigenvalue weighted by Gasteiger charge is 2.21. The second-order valence-corrected chi connectivity index (χ2v) is 4.01. The fourth-order valence-electron chi connectivity index (χ4n) is 2.03. The van der Waals surface area contributed by atoms with Gasteiger partial charge in [-0.25, -0.2) is 0 Å². The van der Waals surface area contributed by atoms with Crippen LogP contribution in [0, 0.1) is 11.8 Å². The molecule has 1 aliphatic carbocycles. The first-order chi connectivity index (χ1) is 4.88. The normalized spacial score (nSPS) is 34.2. The van der Waals surface area contributed by atoms with E-state index in [0.29, 0.717) is 0 Å². The third-order valence-electron chi connectivity index (χ3n) is 2.79. The van der Waals surface area contributed by atoms with Crippen LogP contribution in [0.2, 0.25) is 0 Å². The summed E-state index contributed by atoms with van der Waals surface area (Å²) in [5.41, 5.74) is 0. The highest BCUT2D eigenvalue weighted by Crippen LogP contribution is 2.32. The molecule has 0 saturated heterocycles. The van der Waals surface area contributed by atoms with E-state index < -0.39 is 0 Å². The fourth-order valence-corrected chi connectivity index (χ4v) is 2.88. The second-order valence-electron chi connectivity index (χ2n) is 3.37. The molecule has 1 fully saturated rings. The summed E-state index contributed by atoms with van der Waals surface area (Å²) >= 11 is 3.59. The number of halogens is 1. The van der Waals surface area contributed by atoms with E-state index in [0.717, 1.165) is 11.8 Å². The lowest BCUT2D eigenvalue weighted by Gasteiger charge is -2.29. The van der Waals surface area contributed by atoms with Crippen LogP contribution < -0.4 is 0 Å². The van der Waals surface area contributed by atoms with E-state index in [2.05, 4.69) is 22.9 Å². The summed E-state index contributed by atoms with van der Waals surface area (Å²) in [4.78, 5) is 0. The predicted molar refractivity (Wildman–Crippen MR) is 49.5 cm³/mol. The van der Waals surface area contributed by atoms with Crippen molar-refractivity contribution in [3.63, 3.8) is 0 Å². The van der Waals surface area contributed by atoms with Crippen LogP contribution in [-0.2, 0) is 0 Å². The molecule has 1 saturated carbocycles. The van der Waals surface area contributed by atoms with Crippen LogP contribution >= 0.6 is 15.9 Å². The standard InChI is InChI=1S/C9H17Br/c1-2-8-5-3-4-6-9(8)7-10/h8-9H,2-7H2,1H3. The van der Waals surface area contributed by atoms with E-state index in [9.17, 15) is 0 Å². The Kier molecular flexibility index (Phi) is 3.75. The molecule has 0 radical (unpaired) electrons. The maximum absolute atomic E-state index is 3.59. The van der Waals surface area contributed by atoms with Crippen molar-refractivity contribution >= 4 is 15.9 Å². The van der Waals surface area contributed by atoms with Gasteiger partial charge in [0, 0.05) is 5.33 Å². The van der Waals surface area contributed by atoms with Crippen LogP contribution in [-0.4, -0.2) is 5.33 Å². The Bertz CT molecular complexity index is 78.7. The van der Waals surface area contributed by atoms with Gasteiger partial charge in [-0.2, -0.15) is 0 Å². The van der Waals surface area contributed by atoms with Gasteiger partial charge in [0.1, 0.15) is 0 Å². The molecule has 0 aromatic rings. The SMILES string of the molecule is CCC1CCCCC1CBr. The van der Waals surface area contributed by atoms with Crippen molar-refractivity contribution in [3.8, 4) is 0 Å². The predicted octanol–water partition coefficient (Wildman–Crippen LogP) is 3.60. The zero-order valence-electron chi connectivity index (χ0n) is 6.78. The van der Waals surface area contributed by atoms with Crippen molar-refractivity contribution in [2.45, 2.75) is 39.0 Å². The average molecular weight is 205 g/mol. The molecule has 0 nitrogen and oxygen atoms in total. The summed E-state index contributed by atoms with van der Waals surface area (Å²) in [5.74, 6) is 2.01. The second kappa shape index (κ2) is 4.38. The van der Waals surface area contributed by atoms with Gasteiger partial charge in [0.2, 0.25) is 0 Å². The molecule has 2 atom stereocenters. The summed E-state index contributed by atoms with van der Waals surface area (Å²) < 4.78 is 0. The quantitative estimate of drug-likeness (QED) is 0.604. The summed E-state index contributed by atoms with van der Waals surface area (Å²) in [5, 5.41) is 1.23. The smallest absolute Gasteiger partial charge is 0.00623 e. The van der Waals surface area contributed by atoms with Gasteiger partial charge in [-0.05, 0) is 18.3 Å². The first-order valence-corrected chi connectivity index (χ1v) is 5.56. The van der Waals surface area contributed by atoms with Crippen molar-refractivity contribution in [2.75, 3.05) is 5.33 Å². The van der Waals surface area contributed by atoms with Crippen LogP contribution in [0.3, 0.4) is 0 Å². The minimum atomic E-state index is 0.985. The third-order valence-corrected chi connectivity index (χ3v) is 3.62. The molecule has 60 valence electrons. The lowest BCUT2D eigenvalue weighted by Crippen LogP contribution is -2.19. The molecule has 0 heterocycles. The van der Waals surface area contributed by atoms with Crippen LogP contribution in [0.4, 0.5) is 0 Å². The maximum Gasteiger partial charge on any atom is 0.00623 e. The zero-order valence-corrected chi connectivity index (χ0v) is 8.36. The van der Waals surface area contributed by atoms with Gasteiger partial charge in [0.05, 0.1) is 0 Å². The van der Waals surface area contributed by atoms with Gasteiger partial charge >= 0.3 is 0 Å². The molecule has 0 bridgehead atoms. The van der Waals surface area contributed by atoms with Crippen LogP contribution in [0.15, 0.2) is 0 Å². The van der Waals surface area contributed by atoms with Crippen molar-refractivity contribution in [2.24, 2.45) is 11.8 Å². The molecule has 1 aliphatic rings. The minimum absolute atomic E-state index is 0.985. The Balaban J connectivity index is 2.34. The van der Waals surface area contributed by atoms with Crippen molar-refractivity contribution < 1.29 is 0 Å². The number of hydrogen-bond donors (Lipinski definition) is 0. The molecule has 10 heavy (non-hydrogen) atoms. The summed E-state index contributed by atoms with van der Waals surface area (Å²) in [6.45, 7) is 2.33. The Morgan fingerprint density at radius 2 is 1.80 bits per heavy atom. The number of rotatable bonds is 2. The Morgan fingerprint density at radius 3 is 2.20 bits per heavy atom. The van der Waals surface area contributed by atoms with Gasteiger partial charge < -0.3 is 0 Å². The highest BCUT2D eigenvalue weighted by molar-refractivity contribution is 9.09. The minimum Gasteiger partial charge on any atom is -0.0925 e. The molecule has 1 rings (SSSR count). The number of hydrogen-bond acceptors (Lipinski definition) is 0. The zero-order chi connectivity index (χ0) is 7.40. The van der Waals surface area contributed by atoms with E-state index >= 15 is 0 Å². The lowest BCUT2D eigenvalue weighted by atomic mass is 9.79. The summed E-state index contributed by atoms with van der Waals surface area (Å²) in [7, 11) is 0. The topological polar surface area (TPSA) is 0 Å². The van der Waals surface area contributed by atoms with E-state index in [4.69, 9.17) is 0 Å². The first kappa shape index (κ1) is 8.58. The molecule has 0 aliphatic heterocycles.